The summed E-state index contributed by atoms with van der Waals surface area (Å²) < 4.78 is 11.5. The Morgan fingerprint density at radius 3 is 2.71 bits per heavy atom. The number of nitrogens with zero attached hydrogens (tertiary/aromatic N) is 1. The minimum Gasteiger partial charge on any atom is -0.492 e. The first-order valence-corrected chi connectivity index (χ1v) is 11.0. The lowest BCUT2D eigenvalue weighted by Gasteiger charge is -2.33. The number of piperidine rings is 1. The molecule has 2 heterocycles. The lowest BCUT2D eigenvalue weighted by atomic mass is 10.0. The quantitative estimate of drug-likeness (QED) is 0.579. The second-order valence-corrected chi connectivity index (χ2v) is 8.66. The van der Waals surface area contributed by atoms with Gasteiger partial charge >= 0.3 is 0 Å². The minimum absolute atomic E-state index is 0.0604. The number of hydrogen-bond acceptors (Lipinski definition) is 5. The summed E-state index contributed by atoms with van der Waals surface area (Å²) in [4.78, 5) is 14.9. The summed E-state index contributed by atoms with van der Waals surface area (Å²) in [7, 11) is 0. The van der Waals surface area contributed by atoms with Gasteiger partial charge in [0.05, 0.1) is 6.04 Å². The Labute approximate surface area is 187 Å². The number of nitrogens with one attached hydrogen (secondary N) is 1. The van der Waals surface area contributed by atoms with E-state index in [2.05, 4.69) is 10.2 Å². The number of nitrogens with two attached hydrogens (primary N) is 1. The standard InChI is InChI=1S/C24H28ClN3O3/c1-16-2-5-21(6-3-16)30-15-19(26)14-28-10-8-20(9-11-28)27-24(29)23-13-17-12-18(25)4-7-22(17)31-23/h2-7,12-13,19-20H,8-11,14-15,26H2,1H3,(H,27,29). The van der Waals surface area contributed by atoms with E-state index in [1.807, 2.05) is 31.2 Å². The van der Waals surface area contributed by atoms with Gasteiger partial charge in [0, 0.05) is 36.1 Å². The molecule has 0 radical (unpaired) electrons. The SMILES string of the molecule is Cc1ccc(OCC(N)CN2CCC(NC(=O)c3cc4cc(Cl)ccc4o3)CC2)cc1. The van der Waals surface area contributed by atoms with Gasteiger partial charge in [0.15, 0.2) is 5.76 Å². The first kappa shape index (κ1) is 21.7. The molecule has 1 aliphatic heterocycles. The number of benzene rings is 2. The van der Waals surface area contributed by atoms with E-state index in [1.165, 1.54) is 5.56 Å². The number of halogens is 1. The number of fused-ring (bicyclic) bond motifs is 1. The molecule has 0 aliphatic carbocycles. The predicted octanol–water partition coefficient (Wildman–Crippen LogP) is 4.00. The van der Waals surface area contributed by atoms with Crippen LogP contribution in [0.25, 0.3) is 11.0 Å². The van der Waals surface area contributed by atoms with Crippen LogP contribution in [0.15, 0.2) is 52.9 Å². The van der Waals surface area contributed by atoms with Crippen LogP contribution in [0.5, 0.6) is 5.75 Å². The van der Waals surface area contributed by atoms with Crippen molar-refractivity contribution in [1.82, 2.24) is 10.2 Å². The van der Waals surface area contributed by atoms with Crippen molar-refractivity contribution in [1.29, 1.82) is 0 Å². The number of likely N-dealkylation sites (tertiary alicyclic amines) is 1. The number of amides is 1. The maximum absolute atomic E-state index is 12.6. The monoisotopic (exact) mass is 441 g/mol. The molecule has 7 heteroatoms. The predicted molar refractivity (Wildman–Crippen MR) is 123 cm³/mol. The number of rotatable bonds is 7. The molecular formula is C24H28ClN3O3. The van der Waals surface area contributed by atoms with Crippen LogP contribution in [0.1, 0.15) is 29.0 Å². The van der Waals surface area contributed by atoms with E-state index in [0.29, 0.717) is 23.0 Å². The van der Waals surface area contributed by atoms with Crippen LogP contribution in [0.3, 0.4) is 0 Å². The topological polar surface area (TPSA) is 80.7 Å². The fourth-order valence-corrected chi connectivity index (χ4v) is 4.05. The average Bonchev–Trinajstić information content (AvgIpc) is 3.18. The lowest BCUT2D eigenvalue weighted by molar-refractivity contribution is 0.0881. The van der Waals surface area contributed by atoms with Crippen LogP contribution in [-0.2, 0) is 0 Å². The number of carbonyl (C=O) groups excluding carboxylic acids is 1. The van der Waals surface area contributed by atoms with Crippen LogP contribution in [0, 0.1) is 6.92 Å². The smallest absolute Gasteiger partial charge is 0.287 e. The van der Waals surface area contributed by atoms with Crippen molar-refractivity contribution in [3.63, 3.8) is 0 Å². The van der Waals surface area contributed by atoms with Crippen molar-refractivity contribution in [2.75, 3.05) is 26.2 Å². The Kier molecular flexibility index (Phi) is 6.80. The molecule has 2 aromatic carbocycles. The maximum atomic E-state index is 12.6. The van der Waals surface area contributed by atoms with Gasteiger partial charge in [0.2, 0.25) is 0 Å². The molecule has 1 fully saturated rings. The fraction of sp³-hybridized carbons (Fsp3) is 0.375. The van der Waals surface area contributed by atoms with Crippen molar-refractivity contribution < 1.29 is 13.9 Å². The van der Waals surface area contributed by atoms with Gasteiger partial charge < -0.3 is 25.1 Å². The van der Waals surface area contributed by atoms with E-state index in [9.17, 15) is 4.79 Å². The molecule has 6 nitrogen and oxygen atoms in total. The fourth-order valence-electron chi connectivity index (χ4n) is 3.86. The van der Waals surface area contributed by atoms with E-state index < -0.39 is 0 Å². The molecular weight excluding hydrogens is 414 g/mol. The number of hydrogen-bond donors (Lipinski definition) is 2. The molecule has 3 aromatic rings. The number of furan rings is 1. The molecule has 1 unspecified atom stereocenters. The summed E-state index contributed by atoms with van der Waals surface area (Å²) in [6.07, 6.45) is 1.76. The normalized spacial score (nSPS) is 16.4. The highest BCUT2D eigenvalue weighted by atomic mass is 35.5. The van der Waals surface area contributed by atoms with Gasteiger partial charge in [0.1, 0.15) is 17.9 Å². The number of aryl methyl sites for hydroxylation is 1. The zero-order valence-electron chi connectivity index (χ0n) is 17.6. The molecule has 1 aromatic heterocycles. The largest absolute Gasteiger partial charge is 0.492 e. The van der Waals surface area contributed by atoms with Gasteiger partial charge in [-0.2, -0.15) is 0 Å². The summed E-state index contributed by atoms with van der Waals surface area (Å²) in [6.45, 7) is 5.08. The van der Waals surface area contributed by atoms with Gasteiger partial charge in [-0.05, 0) is 56.2 Å². The number of ether oxygens (including phenoxy) is 1. The van der Waals surface area contributed by atoms with Gasteiger partial charge in [-0.1, -0.05) is 29.3 Å². The molecule has 164 valence electrons. The van der Waals surface area contributed by atoms with Crippen molar-refractivity contribution in [3.05, 3.63) is 64.9 Å². The van der Waals surface area contributed by atoms with Crippen LogP contribution in [0.2, 0.25) is 5.02 Å². The van der Waals surface area contributed by atoms with E-state index in [4.69, 9.17) is 26.5 Å². The second-order valence-electron chi connectivity index (χ2n) is 8.23. The zero-order valence-corrected chi connectivity index (χ0v) is 18.4. The zero-order chi connectivity index (χ0) is 21.8. The van der Waals surface area contributed by atoms with E-state index in [0.717, 1.165) is 43.6 Å². The summed E-state index contributed by atoms with van der Waals surface area (Å²) in [5.74, 6) is 0.972. The Hall–Kier alpha value is -2.54. The van der Waals surface area contributed by atoms with Crippen molar-refractivity contribution in [3.8, 4) is 5.75 Å². The Morgan fingerprint density at radius 2 is 1.97 bits per heavy atom. The highest BCUT2D eigenvalue weighted by Gasteiger charge is 2.23. The maximum Gasteiger partial charge on any atom is 0.287 e. The first-order chi connectivity index (χ1) is 15.0. The van der Waals surface area contributed by atoms with Crippen LogP contribution in [-0.4, -0.2) is 49.1 Å². The third kappa shape index (κ3) is 5.79. The van der Waals surface area contributed by atoms with Gasteiger partial charge in [0.25, 0.3) is 5.91 Å². The average molecular weight is 442 g/mol. The molecule has 1 atom stereocenters. The molecule has 0 spiro atoms. The summed E-state index contributed by atoms with van der Waals surface area (Å²) >= 11 is 6.01. The van der Waals surface area contributed by atoms with E-state index >= 15 is 0 Å². The van der Waals surface area contributed by atoms with Crippen molar-refractivity contribution in [2.45, 2.75) is 31.8 Å². The third-order valence-electron chi connectivity index (χ3n) is 5.60. The van der Waals surface area contributed by atoms with Crippen molar-refractivity contribution >= 4 is 28.5 Å². The van der Waals surface area contributed by atoms with Gasteiger partial charge in [-0.3, -0.25) is 4.79 Å². The Morgan fingerprint density at radius 1 is 1.23 bits per heavy atom. The summed E-state index contributed by atoms with van der Waals surface area (Å²) in [6, 6.07) is 15.1. The van der Waals surface area contributed by atoms with Crippen LogP contribution < -0.4 is 15.8 Å². The van der Waals surface area contributed by atoms with Crippen molar-refractivity contribution in [2.24, 2.45) is 5.73 Å². The highest BCUT2D eigenvalue weighted by molar-refractivity contribution is 6.31. The van der Waals surface area contributed by atoms with Gasteiger partial charge in [-0.25, -0.2) is 0 Å². The minimum atomic E-state index is -0.186. The molecule has 1 aliphatic rings. The number of carbonyl (C=O) groups is 1. The Balaban J connectivity index is 1.20. The van der Waals surface area contributed by atoms with E-state index in [1.54, 1.807) is 24.3 Å². The molecule has 4 rings (SSSR count). The molecule has 1 saturated heterocycles. The van der Waals surface area contributed by atoms with Crippen LogP contribution >= 0.6 is 11.6 Å². The Bertz CT molecular complexity index is 1030. The van der Waals surface area contributed by atoms with E-state index in [-0.39, 0.29) is 18.0 Å². The molecule has 31 heavy (non-hydrogen) atoms. The van der Waals surface area contributed by atoms with Crippen LogP contribution in [0.4, 0.5) is 0 Å². The molecule has 1 amide bonds. The second kappa shape index (κ2) is 9.73. The third-order valence-corrected chi connectivity index (χ3v) is 5.84. The molecule has 3 N–H and O–H groups in total. The summed E-state index contributed by atoms with van der Waals surface area (Å²) in [5.41, 5.74) is 8.13. The molecule has 0 saturated carbocycles. The summed E-state index contributed by atoms with van der Waals surface area (Å²) in [5, 5.41) is 4.54. The molecule has 0 bridgehead atoms. The van der Waals surface area contributed by atoms with Gasteiger partial charge in [-0.15, -0.1) is 0 Å². The lowest BCUT2D eigenvalue weighted by Crippen LogP contribution is -2.48. The first-order valence-electron chi connectivity index (χ1n) is 10.6. The highest BCUT2D eigenvalue weighted by Crippen LogP contribution is 2.23.